The molecule has 4 heteroatoms. The fourth-order valence-electron chi connectivity index (χ4n) is 2.28. The van der Waals surface area contributed by atoms with Crippen LogP contribution in [0.15, 0.2) is 42.5 Å². The fraction of sp³-hybridized carbons (Fsp3) is 0.133. The molecular weight excluding hydrogens is 243 g/mol. The van der Waals surface area contributed by atoms with Crippen LogP contribution in [0.4, 0.5) is 15.8 Å². The topological polar surface area (TPSA) is 41.1 Å². The molecule has 3 nitrogen and oxygen atoms in total. The molecule has 2 aromatic rings. The number of carbonyl (C=O) groups is 1. The molecule has 0 bridgehead atoms. The molecule has 3 rings (SSSR count). The van der Waals surface area contributed by atoms with Gasteiger partial charge in [0.1, 0.15) is 11.9 Å². The van der Waals surface area contributed by atoms with Crippen LogP contribution in [0.5, 0.6) is 0 Å². The van der Waals surface area contributed by atoms with E-state index in [-0.39, 0.29) is 11.7 Å². The summed E-state index contributed by atoms with van der Waals surface area (Å²) in [5.41, 5.74) is 3.25. The van der Waals surface area contributed by atoms with Crippen molar-refractivity contribution in [2.75, 3.05) is 10.6 Å². The first-order chi connectivity index (χ1) is 9.13. The number of carbonyl (C=O) groups excluding carboxylic acids is 1. The van der Waals surface area contributed by atoms with E-state index in [2.05, 4.69) is 10.6 Å². The lowest BCUT2D eigenvalue weighted by Crippen LogP contribution is -2.19. The van der Waals surface area contributed by atoms with Crippen LogP contribution in [-0.4, -0.2) is 5.91 Å². The van der Waals surface area contributed by atoms with E-state index in [4.69, 9.17) is 0 Å². The van der Waals surface area contributed by atoms with Crippen LogP contribution in [0, 0.1) is 12.7 Å². The molecule has 1 amide bonds. The molecule has 2 N–H and O–H groups in total. The molecule has 0 aliphatic carbocycles. The van der Waals surface area contributed by atoms with Gasteiger partial charge in [0, 0.05) is 16.9 Å². The van der Waals surface area contributed by atoms with Crippen LogP contribution in [0.25, 0.3) is 0 Å². The van der Waals surface area contributed by atoms with Gasteiger partial charge in [0.25, 0.3) is 5.91 Å². The number of hydrogen-bond acceptors (Lipinski definition) is 2. The summed E-state index contributed by atoms with van der Waals surface area (Å²) >= 11 is 0. The average Bonchev–Trinajstić information content (AvgIpc) is 2.66. The monoisotopic (exact) mass is 256 g/mol. The van der Waals surface area contributed by atoms with Crippen LogP contribution >= 0.6 is 0 Å². The second-order valence-electron chi connectivity index (χ2n) is 4.67. The van der Waals surface area contributed by atoms with Crippen LogP contribution in [-0.2, 0) is 4.79 Å². The summed E-state index contributed by atoms with van der Waals surface area (Å²) < 4.78 is 13.3. The van der Waals surface area contributed by atoms with Crippen LogP contribution < -0.4 is 10.6 Å². The Balaban J connectivity index is 1.94. The van der Waals surface area contributed by atoms with E-state index >= 15 is 0 Å². The Labute approximate surface area is 110 Å². The number of fused-ring (bicyclic) bond motifs is 1. The van der Waals surface area contributed by atoms with Gasteiger partial charge < -0.3 is 10.6 Å². The maximum Gasteiger partial charge on any atom is 0.251 e. The van der Waals surface area contributed by atoms with Gasteiger partial charge in [-0.2, -0.15) is 0 Å². The predicted octanol–water partition coefficient (Wildman–Crippen LogP) is 3.24. The van der Waals surface area contributed by atoms with Gasteiger partial charge in [0.15, 0.2) is 0 Å². The highest BCUT2D eigenvalue weighted by Crippen LogP contribution is 2.33. The van der Waals surface area contributed by atoms with E-state index in [0.29, 0.717) is 11.3 Å². The summed E-state index contributed by atoms with van der Waals surface area (Å²) in [5.74, 6) is -0.506. The highest BCUT2D eigenvalue weighted by Gasteiger charge is 2.30. The number of benzene rings is 2. The largest absolute Gasteiger partial charge is 0.370 e. The van der Waals surface area contributed by atoms with Gasteiger partial charge in [-0.1, -0.05) is 12.1 Å². The van der Waals surface area contributed by atoms with E-state index in [1.165, 1.54) is 12.1 Å². The van der Waals surface area contributed by atoms with Crippen molar-refractivity contribution in [2.24, 2.45) is 0 Å². The molecule has 2 aromatic carbocycles. The number of hydrogen-bond donors (Lipinski definition) is 2. The van der Waals surface area contributed by atoms with E-state index in [9.17, 15) is 9.18 Å². The van der Waals surface area contributed by atoms with Crippen molar-refractivity contribution in [3.05, 3.63) is 59.4 Å². The van der Waals surface area contributed by atoms with E-state index in [0.717, 1.165) is 11.3 Å². The zero-order valence-electron chi connectivity index (χ0n) is 10.4. The molecule has 0 saturated heterocycles. The third-order valence-corrected chi connectivity index (χ3v) is 3.17. The van der Waals surface area contributed by atoms with E-state index in [1.54, 1.807) is 6.07 Å². The zero-order valence-corrected chi connectivity index (χ0v) is 10.4. The maximum absolute atomic E-state index is 13.3. The second kappa shape index (κ2) is 4.39. The summed E-state index contributed by atoms with van der Waals surface area (Å²) in [4.78, 5) is 11.9. The molecule has 1 unspecified atom stereocenters. The molecule has 96 valence electrons. The molecule has 1 aliphatic heterocycles. The third-order valence-electron chi connectivity index (χ3n) is 3.17. The highest BCUT2D eigenvalue weighted by molar-refractivity contribution is 6.04. The third kappa shape index (κ3) is 2.17. The first-order valence-corrected chi connectivity index (χ1v) is 6.07. The summed E-state index contributed by atoms with van der Waals surface area (Å²) in [5, 5.41) is 5.88. The standard InChI is InChI=1S/C15H13FN2O/c1-9-3-2-4-11(7-9)17-14-12-8-10(16)5-6-13(12)18-15(14)19/h2-8,14,17H,1H3,(H,18,19). The molecule has 1 heterocycles. The predicted molar refractivity (Wildman–Crippen MR) is 72.6 cm³/mol. The number of aryl methyl sites for hydroxylation is 1. The average molecular weight is 256 g/mol. The van der Waals surface area contributed by atoms with Gasteiger partial charge in [-0.3, -0.25) is 4.79 Å². The van der Waals surface area contributed by atoms with E-state index < -0.39 is 6.04 Å². The molecule has 0 aromatic heterocycles. The van der Waals surface area contributed by atoms with Crippen molar-refractivity contribution in [3.8, 4) is 0 Å². The van der Waals surface area contributed by atoms with Crippen molar-refractivity contribution >= 4 is 17.3 Å². The van der Waals surface area contributed by atoms with Gasteiger partial charge in [-0.25, -0.2) is 4.39 Å². The van der Waals surface area contributed by atoms with Crippen LogP contribution in [0.1, 0.15) is 17.2 Å². The fourth-order valence-corrected chi connectivity index (χ4v) is 2.28. The van der Waals surface area contributed by atoms with Crippen molar-refractivity contribution in [3.63, 3.8) is 0 Å². The Morgan fingerprint density at radius 2 is 2.05 bits per heavy atom. The summed E-state index contributed by atoms with van der Waals surface area (Å²) in [6, 6.07) is 11.5. The van der Waals surface area contributed by atoms with Crippen LogP contribution in [0.2, 0.25) is 0 Å². The van der Waals surface area contributed by atoms with Gasteiger partial charge in [0.2, 0.25) is 0 Å². The molecule has 0 radical (unpaired) electrons. The highest BCUT2D eigenvalue weighted by atomic mass is 19.1. The van der Waals surface area contributed by atoms with Crippen LogP contribution in [0.3, 0.4) is 0 Å². The lowest BCUT2D eigenvalue weighted by atomic mass is 10.1. The van der Waals surface area contributed by atoms with Crippen molar-refractivity contribution in [1.82, 2.24) is 0 Å². The molecule has 0 saturated carbocycles. The van der Waals surface area contributed by atoms with Gasteiger partial charge >= 0.3 is 0 Å². The Bertz CT molecular complexity index is 654. The normalized spacial score (nSPS) is 16.9. The minimum Gasteiger partial charge on any atom is -0.370 e. The number of nitrogens with one attached hydrogen (secondary N) is 2. The molecular formula is C15H13FN2O. The molecule has 19 heavy (non-hydrogen) atoms. The second-order valence-corrected chi connectivity index (χ2v) is 4.67. The van der Waals surface area contributed by atoms with Gasteiger partial charge in [0.05, 0.1) is 0 Å². The first kappa shape index (κ1) is 11.7. The lowest BCUT2D eigenvalue weighted by Gasteiger charge is -2.13. The summed E-state index contributed by atoms with van der Waals surface area (Å²) in [7, 11) is 0. The SMILES string of the molecule is Cc1cccc(NC2C(=O)Nc3ccc(F)cc32)c1. The summed E-state index contributed by atoms with van der Waals surface area (Å²) in [6.07, 6.45) is 0. The maximum atomic E-state index is 13.3. The van der Waals surface area contributed by atoms with Gasteiger partial charge in [-0.15, -0.1) is 0 Å². The number of anilines is 2. The zero-order chi connectivity index (χ0) is 13.4. The minimum absolute atomic E-state index is 0.165. The van der Waals surface area contributed by atoms with Crippen molar-refractivity contribution < 1.29 is 9.18 Å². The Morgan fingerprint density at radius 1 is 1.21 bits per heavy atom. The Morgan fingerprint density at radius 3 is 2.84 bits per heavy atom. The minimum atomic E-state index is -0.549. The molecule has 1 aliphatic rings. The summed E-state index contributed by atoms with van der Waals surface area (Å²) in [6.45, 7) is 1.98. The lowest BCUT2D eigenvalue weighted by molar-refractivity contribution is -0.116. The molecule has 0 spiro atoms. The number of halogens is 1. The molecule has 0 fully saturated rings. The van der Waals surface area contributed by atoms with Crippen molar-refractivity contribution in [1.29, 1.82) is 0 Å². The van der Waals surface area contributed by atoms with Crippen molar-refractivity contribution in [2.45, 2.75) is 13.0 Å². The van der Waals surface area contributed by atoms with E-state index in [1.807, 2.05) is 31.2 Å². The number of amides is 1. The Kier molecular flexibility index (Phi) is 2.71. The Hall–Kier alpha value is -2.36. The number of rotatable bonds is 2. The molecule has 1 atom stereocenters. The first-order valence-electron chi connectivity index (χ1n) is 6.07. The van der Waals surface area contributed by atoms with Gasteiger partial charge in [-0.05, 0) is 42.8 Å². The smallest absolute Gasteiger partial charge is 0.251 e. The quantitative estimate of drug-likeness (QED) is 0.866.